The van der Waals surface area contributed by atoms with Crippen molar-refractivity contribution in [3.63, 3.8) is 0 Å². The summed E-state index contributed by atoms with van der Waals surface area (Å²) in [4.78, 5) is 62.5. The second kappa shape index (κ2) is 11.7. The summed E-state index contributed by atoms with van der Waals surface area (Å²) in [6.45, 7) is 9.73. The summed E-state index contributed by atoms with van der Waals surface area (Å²) in [6.07, 6.45) is -2.25. The SMILES string of the molecule is CC(C)(C)OC(=O)NCCOC(=O)NC(CNC(=O)OC(C)(C)C)CN1C(=O)c2ccccc2C1=O. The molecule has 0 saturated heterocycles. The molecule has 5 amide bonds. The number of amides is 5. The van der Waals surface area contributed by atoms with E-state index in [1.165, 1.54) is 0 Å². The van der Waals surface area contributed by atoms with Crippen LogP contribution < -0.4 is 16.0 Å². The molecule has 1 aromatic rings. The molecule has 1 aliphatic rings. The number of nitrogens with zero attached hydrogens (tertiary/aromatic N) is 1. The van der Waals surface area contributed by atoms with E-state index in [1.54, 1.807) is 65.8 Å². The van der Waals surface area contributed by atoms with Crippen LogP contribution in [0.1, 0.15) is 62.3 Å². The Bertz CT molecular complexity index is 962. The van der Waals surface area contributed by atoms with Crippen molar-refractivity contribution in [2.45, 2.75) is 58.8 Å². The molecule has 0 saturated carbocycles. The topological polar surface area (TPSA) is 152 Å². The van der Waals surface area contributed by atoms with Gasteiger partial charge in [-0.15, -0.1) is 0 Å². The second-order valence-electron chi connectivity index (χ2n) is 10.1. The summed E-state index contributed by atoms with van der Waals surface area (Å²) >= 11 is 0. The van der Waals surface area contributed by atoms with Crippen LogP contribution in [0.5, 0.6) is 0 Å². The second-order valence-corrected chi connectivity index (χ2v) is 10.1. The average Bonchev–Trinajstić information content (AvgIpc) is 2.98. The number of rotatable bonds is 8. The van der Waals surface area contributed by atoms with E-state index in [1.807, 2.05) is 0 Å². The van der Waals surface area contributed by atoms with Crippen molar-refractivity contribution in [1.29, 1.82) is 0 Å². The van der Waals surface area contributed by atoms with Gasteiger partial charge in [-0.1, -0.05) is 12.1 Å². The fraction of sp³-hybridized carbons (Fsp3) is 0.542. The molecule has 3 N–H and O–H groups in total. The number of benzene rings is 1. The Balaban J connectivity index is 1.96. The van der Waals surface area contributed by atoms with E-state index in [9.17, 15) is 24.0 Å². The summed E-state index contributed by atoms with van der Waals surface area (Å²) < 4.78 is 15.4. The number of carbonyl (C=O) groups is 5. The zero-order chi connectivity index (χ0) is 27.1. The molecule has 0 bridgehead atoms. The molecular weight excluding hydrogens is 472 g/mol. The zero-order valence-corrected chi connectivity index (χ0v) is 21.4. The molecule has 0 spiro atoms. The Labute approximate surface area is 210 Å². The van der Waals surface area contributed by atoms with Crippen molar-refractivity contribution in [3.8, 4) is 0 Å². The van der Waals surface area contributed by atoms with E-state index in [4.69, 9.17) is 14.2 Å². The fourth-order valence-corrected chi connectivity index (χ4v) is 3.13. The largest absolute Gasteiger partial charge is 0.448 e. The highest BCUT2D eigenvalue weighted by Crippen LogP contribution is 2.22. The van der Waals surface area contributed by atoms with Crippen LogP contribution in [-0.2, 0) is 14.2 Å². The summed E-state index contributed by atoms with van der Waals surface area (Å²) in [5.74, 6) is -1.01. The third kappa shape index (κ3) is 9.08. The van der Waals surface area contributed by atoms with E-state index in [0.717, 1.165) is 4.90 Å². The van der Waals surface area contributed by atoms with Crippen LogP contribution >= 0.6 is 0 Å². The van der Waals surface area contributed by atoms with Gasteiger partial charge in [-0.3, -0.25) is 14.5 Å². The van der Waals surface area contributed by atoms with E-state index >= 15 is 0 Å². The highest BCUT2D eigenvalue weighted by molar-refractivity contribution is 6.21. The van der Waals surface area contributed by atoms with Gasteiger partial charge in [0.15, 0.2) is 0 Å². The summed E-state index contributed by atoms with van der Waals surface area (Å²) in [7, 11) is 0. The van der Waals surface area contributed by atoms with Gasteiger partial charge in [-0.05, 0) is 53.7 Å². The Morgan fingerprint density at radius 1 is 0.833 bits per heavy atom. The Kier molecular flexibility index (Phi) is 9.26. The molecule has 36 heavy (non-hydrogen) atoms. The van der Waals surface area contributed by atoms with Crippen molar-refractivity contribution in [2.75, 3.05) is 26.2 Å². The van der Waals surface area contributed by atoms with Crippen LogP contribution in [0.25, 0.3) is 0 Å². The first-order chi connectivity index (χ1) is 16.7. The number of imide groups is 1. The first kappa shape index (κ1) is 28.4. The molecular formula is C24H34N4O8. The first-order valence-corrected chi connectivity index (χ1v) is 11.5. The van der Waals surface area contributed by atoms with E-state index < -0.39 is 47.3 Å². The molecule has 1 aliphatic heterocycles. The monoisotopic (exact) mass is 506 g/mol. The van der Waals surface area contributed by atoms with Gasteiger partial charge in [0, 0.05) is 6.54 Å². The maximum absolute atomic E-state index is 12.7. The molecule has 2 rings (SSSR count). The van der Waals surface area contributed by atoms with Crippen molar-refractivity contribution in [1.82, 2.24) is 20.9 Å². The van der Waals surface area contributed by atoms with Crippen molar-refractivity contribution < 1.29 is 38.2 Å². The first-order valence-electron chi connectivity index (χ1n) is 11.5. The highest BCUT2D eigenvalue weighted by Gasteiger charge is 2.37. The molecule has 0 aromatic heterocycles. The predicted octanol–water partition coefficient (Wildman–Crippen LogP) is 2.43. The Morgan fingerprint density at radius 3 is 1.83 bits per heavy atom. The number of carbonyl (C=O) groups excluding carboxylic acids is 5. The van der Waals surface area contributed by atoms with E-state index in [2.05, 4.69) is 16.0 Å². The smallest absolute Gasteiger partial charge is 0.407 e. The third-order valence-electron chi connectivity index (χ3n) is 4.50. The highest BCUT2D eigenvalue weighted by atomic mass is 16.6. The lowest BCUT2D eigenvalue weighted by molar-refractivity contribution is 0.0508. The number of fused-ring (bicyclic) bond motifs is 1. The molecule has 0 fully saturated rings. The number of ether oxygens (including phenoxy) is 3. The predicted molar refractivity (Wildman–Crippen MR) is 129 cm³/mol. The molecule has 0 aliphatic carbocycles. The third-order valence-corrected chi connectivity index (χ3v) is 4.50. The summed E-state index contributed by atoms with van der Waals surface area (Å²) in [6, 6.07) is 5.50. The molecule has 0 radical (unpaired) electrons. The quantitative estimate of drug-likeness (QED) is 0.276. The van der Waals surface area contributed by atoms with Gasteiger partial charge in [0.2, 0.25) is 0 Å². The number of alkyl carbamates (subject to hydrolysis) is 3. The fourth-order valence-electron chi connectivity index (χ4n) is 3.13. The molecule has 1 heterocycles. The van der Waals surface area contributed by atoms with Crippen molar-refractivity contribution >= 4 is 30.1 Å². The number of hydrogen-bond acceptors (Lipinski definition) is 8. The van der Waals surface area contributed by atoms with Crippen LogP contribution in [0, 0.1) is 0 Å². The Hall–Kier alpha value is -3.83. The van der Waals surface area contributed by atoms with Gasteiger partial charge in [-0.2, -0.15) is 0 Å². The van der Waals surface area contributed by atoms with Crippen molar-refractivity contribution in [3.05, 3.63) is 35.4 Å². The lowest BCUT2D eigenvalue weighted by atomic mass is 10.1. The maximum atomic E-state index is 12.7. The van der Waals surface area contributed by atoms with Crippen LogP contribution in [0.2, 0.25) is 0 Å². The van der Waals surface area contributed by atoms with Crippen LogP contribution in [0.15, 0.2) is 24.3 Å². The van der Waals surface area contributed by atoms with Crippen molar-refractivity contribution in [2.24, 2.45) is 0 Å². The molecule has 1 unspecified atom stereocenters. The van der Waals surface area contributed by atoms with Crippen LogP contribution in [0.3, 0.4) is 0 Å². The van der Waals surface area contributed by atoms with E-state index in [-0.39, 0.29) is 37.4 Å². The average molecular weight is 507 g/mol. The van der Waals surface area contributed by atoms with Gasteiger partial charge >= 0.3 is 18.3 Å². The van der Waals surface area contributed by atoms with E-state index in [0.29, 0.717) is 0 Å². The number of nitrogens with one attached hydrogen (secondary N) is 3. The zero-order valence-electron chi connectivity index (χ0n) is 21.4. The molecule has 12 nitrogen and oxygen atoms in total. The van der Waals surface area contributed by atoms with Crippen LogP contribution in [0.4, 0.5) is 14.4 Å². The lowest BCUT2D eigenvalue weighted by Gasteiger charge is -2.25. The van der Waals surface area contributed by atoms with Crippen LogP contribution in [-0.4, -0.2) is 78.5 Å². The van der Waals surface area contributed by atoms with Gasteiger partial charge in [0.1, 0.15) is 17.8 Å². The number of hydrogen-bond donors (Lipinski definition) is 3. The summed E-state index contributed by atoms with van der Waals surface area (Å²) in [5, 5.41) is 7.51. The van der Waals surface area contributed by atoms with Gasteiger partial charge < -0.3 is 30.2 Å². The molecule has 1 atom stereocenters. The normalized spacial score (nSPS) is 14.0. The molecule has 198 valence electrons. The van der Waals surface area contributed by atoms with Gasteiger partial charge in [0.05, 0.1) is 30.3 Å². The van der Waals surface area contributed by atoms with Gasteiger partial charge in [0.25, 0.3) is 11.8 Å². The lowest BCUT2D eigenvalue weighted by Crippen LogP contribution is -2.52. The minimum Gasteiger partial charge on any atom is -0.448 e. The standard InChI is InChI=1S/C24H34N4O8/c1-23(2,3)35-20(31)25-11-12-34-22(33)27-15(13-26-21(32)36-24(4,5)6)14-28-18(29)16-9-7-8-10-17(16)19(28)30/h7-10,15H,11-14H2,1-6H3,(H,25,31)(H,26,32)(H,27,33). The minimum absolute atomic E-state index is 0.00155. The van der Waals surface area contributed by atoms with Gasteiger partial charge in [-0.25, -0.2) is 14.4 Å². The Morgan fingerprint density at radius 2 is 1.33 bits per heavy atom. The minimum atomic E-state index is -0.883. The molecule has 12 heteroatoms. The summed E-state index contributed by atoms with van der Waals surface area (Å²) in [5.41, 5.74) is -0.884. The molecule has 1 aromatic carbocycles. The maximum Gasteiger partial charge on any atom is 0.407 e.